The molecule has 0 saturated heterocycles. The van der Waals surface area contributed by atoms with Gasteiger partial charge in [0.2, 0.25) is 0 Å². The molecule has 0 aromatic carbocycles. The summed E-state index contributed by atoms with van der Waals surface area (Å²) in [5.74, 6) is -0.852. The van der Waals surface area contributed by atoms with Gasteiger partial charge in [-0.15, -0.1) is 5.73 Å². The predicted octanol–water partition coefficient (Wildman–Crippen LogP) is 4.83. The highest BCUT2D eigenvalue weighted by molar-refractivity contribution is 5.82. The van der Waals surface area contributed by atoms with E-state index in [-0.39, 0.29) is 18.6 Å². The number of hydrogen-bond donors (Lipinski definition) is 1. The number of allylic oxidation sites excluding steroid dienone is 3. The Morgan fingerprint density at radius 3 is 2.48 bits per heavy atom. The highest BCUT2D eigenvalue weighted by Crippen LogP contribution is 2.04. The van der Waals surface area contributed by atoms with Gasteiger partial charge in [0.15, 0.2) is 0 Å². The van der Waals surface area contributed by atoms with Crippen molar-refractivity contribution in [1.82, 2.24) is 0 Å². The second-order valence-corrected chi connectivity index (χ2v) is 5.10. The van der Waals surface area contributed by atoms with E-state index in [2.05, 4.69) is 24.8 Å². The Hall–Kier alpha value is -1.60. The lowest BCUT2D eigenvalue weighted by Gasteiger charge is -1.97. The van der Waals surface area contributed by atoms with Crippen LogP contribution >= 0.6 is 0 Å². The number of carbonyl (C=O) groups is 2. The van der Waals surface area contributed by atoms with Gasteiger partial charge >= 0.3 is 5.97 Å². The van der Waals surface area contributed by atoms with Gasteiger partial charge < -0.3 is 5.11 Å². The third-order valence-electron chi connectivity index (χ3n) is 3.05. The topological polar surface area (TPSA) is 54.4 Å². The minimum atomic E-state index is -0.903. The summed E-state index contributed by atoms with van der Waals surface area (Å²) in [5.41, 5.74) is 3.14. The molecule has 0 bridgehead atoms. The van der Waals surface area contributed by atoms with Crippen molar-refractivity contribution in [2.24, 2.45) is 0 Å². The lowest BCUT2D eigenvalue weighted by Crippen LogP contribution is -2.02. The first kappa shape index (κ1) is 19.4. The molecule has 0 radical (unpaired) electrons. The number of unbranched alkanes of at least 4 members (excludes halogenated alkanes) is 4. The maximum absolute atomic E-state index is 11.3. The fraction of sp³-hybridized carbons (Fsp3) is 0.611. The van der Waals surface area contributed by atoms with Crippen molar-refractivity contribution in [3.8, 4) is 0 Å². The number of rotatable bonds is 13. The van der Waals surface area contributed by atoms with Crippen LogP contribution in [0.15, 0.2) is 30.0 Å². The molecule has 0 aliphatic heterocycles. The number of aliphatic carboxylic acids is 1. The number of carboxylic acid groups (broad SMARTS) is 1. The zero-order valence-electron chi connectivity index (χ0n) is 13.1. The van der Waals surface area contributed by atoms with E-state index in [9.17, 15) is 9.59 Å². The third kappa shape index (κ3) is 16.3. The number of ketones is 1. The highest BCUT2D eigenvalue weighted by atomic mass is 16.4. The number of carbonyl (C=O) groups excluding carboxylic acids is 1. The van der Waals surface area contributed by atoms with Crippen molar-refractivity contribution in [2.75, 3.05) is 0 Å². The Morgan fingerprint density at radius 2 is 1.76 bits per heavy atom. The Morgan fingerprint density at radius 1 is 0.952 bits per heavy atom. The predicted molar refractivity (Wildman–Crippen MR) is 86.3 cm³/mol. The van der Waals surface area contributed by atoms with Crippen molar-refractivity contribution in [2.45, 2.75) is 71.1 Å². The maximum Gasteiger partial charge on any atom is 0.303 e. The van der Waals surface area contributed by atoms with E-state index in [1.165, 1.54) is 12.8 Å². The van der Waals surface area contributed by atoms with Gasteiger partial charge in [-0.1, -0.05) is 31.9 Å². The molecule has 1 N–H and O–H groups in total. The minimum Gasteiger partial charge on any atom is -0.481 e. The van der Waals surface area contributed by atoms with Crippen LogP contribution in [0.1, 0.15) is 71.1 Å². The van der Waals surface area contributed by atoms with Gasteiger partial charge in [0.25, 0.3) is 0 Å². The average Bonchev–Trinajstić information content (AvgIpc) is 2.46. The monoisotopic (exact) mass is 292 g/mol. The van der Waals surface area contributed by atoms with Crippen LogP contribution in [0, 0.1) is 0 Å². The second-order valence-electron chi connectivity index (χ2n) is 5.10. The van der Waals surface area contributed by atoms with Crippen molar-refractivity contribution in [3.05, 3.63) is 30.0 Å². The molecule has 0 fully saturated rings. The molecule has 0 spiro atoms. The Bertz CT molecular complexity index is 374. The molecular formula is C18H28O3. The quantitative estimate of drug-likeness (QED) is 0.300. The average molecular weight is 292 g/mol. The molecule has 0 aliphatic carbocycles. The third-order valence-corrected chi connectivity index (χ3v) is 3.05. The van der Waals surface area contributed by atoms with Crippen LogP contribution < -0.4 is 0 Å². The van der Waals surface area contributed by atoms with Crippen LogP contribution in [-0.2, 0) is 9.59 Å². The molecular weight excluding hydrogens is 264 g/mol. The molecule has 0 aromatic heterocycles. The molecule has 0 aliphatic rings. The normalized spacial score (nSPS) is 10.3. The minimum absolute atomic E-state index is 0.0484. The first-order valence-electron chi connectivity index (χ1n) is 7.94. The van der Waals surface area contributed by atoms with Crippen molar-refractivity contribution in [3.63, 3.8) is 0 Å². The summed E-state index contributed by atoms with van der Waals surface area (Å²) < 4.78 is 0. The van der Waals surface area contributed by atoms with Crippen LogP contribution in [0.4, 0.5) is 0 Å². The molecule has 0 unspecified atom stereocenters. The van der Waals surface area contributed by atoms with Gasteiger partial charge in [-0.05, 0) is 44.3 Å². The fourth-order valence-electron chi connectivity index (χ4n) is 1.78. The van der Waals surface area contributed by atoms with Gasteiger partial charge in [-0.2, -0.15) is 0 Å². The van der Waals surface area contributed by atoms with E-state index in [1.807, 2.05) is 12.2 Å². The summed E-state index contributed by atoms with van der Waals surface area (Å²) in [6.07, 6.45) is 16.3. The first-order valence-corrected chi connectivity index (χ1v) is 7.94. The van der Waals surface area contributed by atoms with Gasteiger partial charge in [0.1, 0.15) is 5.78 Å². The summed E-state index contributed by atoms with van der Waals surface area (Å²) in [6, 6.07) is 0. The second kappa shape index (κ2) is 14.8. The molecule has 0 rings (SSSR count). The Balaban J connectivity index is 3.48. The fourth-order valence-corrected chi connectivity index (χ4v) is 1.78. The van der Waals surface area contributed by atoms with Gasteiger partial charge in [0, 0.05) is 12.8 Å². The van der Waals surface area contributed by atoms with E-state index in [4.69, 9.17) is 5.11 Å². The van der Waals surface area contributed by atoms with Gasteiger partial charge in [-0.3, -0.25) is 9.59 Å². The largest absolute Gasteiger partial charge is 0.481 e. The number of hydrogen-bond acceptors (Lipinski definition) is 2. The van der Waals surface area contributed by atoms with Gasteiger partial charge in [-0.25, -0.2) is 0 Å². The highest BCUT2D eigenvalue weighted by Gasteiger charge is 2.04. The lowest BCUT2D eigenvalue weighted by atomic mass is 10.1. The molecule has 3 heteroatoms. The maximum atomic E-state index is 11.3. The molecule has 0 atom stereocenters. The molecule has 0 saturated carbocycles. The summed E-state index contributed by atoms with van der Waals surface area (Å²) in [7, 11) is 0. The van der Waals surface area contributed by atoms with E-state index in [0.29, 0.717) is 6.42 Å². The van der Waals surface area contributed by atoms with E-state index in [0.717, 1.165) is 32.1 Å². The lowest BCUT2D eigenvalue weighted by molar-refractivity contribution is -0.138. The van der Waals surface area contributed by atoms with Crippen molar-refractivity contribution in [1.29, 1.82) is 0 Å². The van der Waals surface area contributed by atoms with E-state index in [1.54, 1.807) is 0 Å². The first-order chi connectivity index (χ1) is 10.2. The molecule has 118 valence electrons. The number of Topliss-reactive ketones (excluding diaryl/α,β-unsaturated/α-hetero) is 1. The smallest absolute Gasteiger partial charge is 0.303 e. The molecule has 0 amide bonds. The van der Waals surface area contributed by atoms with Crippen LogP contribution in [0.5, 0.6) is 0 Å². The standard InChI is InChI=1S/C18H28O3/c1-2-3-4-5-6-7-8-9-10-11-12-13-14-17(19)15-16-18(20)21/h5-6,8,10H,2-4,7,11-16H2,1H3,(H,20,21). The molecule has 21 heavy (non-hydrogen) atoms. The summed E-state index contributed by atoms with van der Waals surface area (Å²) >= 11 is 0. The van der Waals surface area contributed by atoms with Crippen LogP contribution in [-0.4, -0.2) is 16.9 Å². The molecule has 3 nitrogen and oxygen atoms in total. The zero-order valence-corrected chi connectivity index (χ0v) is 13.1. The van der Waals surface area contributed by atoms with Gasteiger partial charge in [0.05, 0.1) is 6.42 Å². The summed E-state index contributed by atoms with van der Waals surface area (Å²) in [4.78, 5) is 21.6. The molecule has 0 heterocycles. The van der Waals surface area contributed by atoms with Crippen LogP contribution in [0.25, 0.3) is 0 Å². The summed E-state index contributed by atoms with van der Waals surface area (Å²) in [6.45, 7) is 2.19. The van der Waals surface area contributed by atoms with E-state index < -0.39 is 5.97 Å². The molecule has 0 aromatic rings. The van der Waals surface area contributed by atoms with Crippen LogP contribution in [0.2, 0.25) is 0 Å². The van der Waals surface area contributed by atoms with Crippen molar-refractivity contribution < 1.29 is 14.7 Å². The number of carboxylic acids is 1. The SMILES string of the molecule is CCCCC=CCC=C=CCCCCC(=O)CCC(=O)O. The summed E-state index contributed by atoms with van der Waals surface area (Å²) in [5, 5.41) is 8.46. The zero-order chi connectivity index (χ0) is 15.8. The van der Waals surface area contributed by atoms with Crippen LogP contribution in [0.3, 0.4) is 0 Å². The Kier molecular flexibility index (Phi) is 13.7. The Labute approximate surface area is 128 Å². The van der Waals surface area contributed by atoms with Crippen molar-refractivity contribution >= 4 is 11.8 Å². The van der Waals surface area contributed by atoms with E-state index >= 15 is 0 Å².